The van der Waals surface area contributed by atoms with Gasteiger partial charge in [0.05, 0.1) is 5.52 Å². The summed E-state index contributed by atoms with van der Waals surface area (Å²) < 4.78 is 12.6. The predicted molar refractivity (Wildman–Crippen MR) is 144 cm³/mol. The van der Waals surface area contributed by atoms with Crippen molar-refractivity contribution in [3.63, 3.8) is 0 Å². The number of anilines is 1. The summed E-state index contributed by atoms with van der Waals surface area (Å²) in [6.07, 6.45) is 0.864. The Kier molecular flexibility index (Phi) is 6.75. The number of aromatic nitrogens is 3. The molecule has 0 fully saturated rings. The predicted octanol–water partition coefficient (Wildman–Crippen LogP) is 4.41. The Hall–Kier alpha value is -4.40. The average molecular weight is 514 g/mol. The Morgan fingerprint density at radius 1 is 1.03 bits per heavy atom. The van der Waals surface area contributed by atoms with Gasteiger partial charge in [0.25, 0.3) is 0 Å². The van der Waals surface area contributed by atoms with Crippen molar-refractivity contribution in [3.8, 4) is 11.5 Å². The van der Waals surface area contributed by atoms with E-state index >= 15 is 0 Å². The lowest BCUT2D eigenvalue weighted by molar-refractivity contribution is -0.128. The number of carbonyl (C=O) groups excluding carboxylic acids is 2. The highest BCUT2D eigenvalue weighted by atomic mass is 16.7. The SMILES string of the molecule is CCc1ccc([C@@H](C(=O)NC(C)(C)C)N(C(=O)Cn2nnc3ccccc32)c2ccc3c(c2)OCO3)cc1. The molecule has 1 aliphatic rings. The first-order valence-corrected chi connectivity index (χ1v) is 12.6. The van der Waals surface area contributed by atoms with Crippen molar-refractivity contribution in [1.29, 1.82) is 0 Å². The van der Waals surface area contributed by atoms with Gasteiger partial charge in [0.2, 0.25) is 18.6 Å². The highest BCUT2D eigenvalue weighted by molar-refractivity contribution is 6.02. The molecule has 5 rings (SSSR count). The lowest BCUT2D eigenvalue weighted by Crippen LogP contribution is -2.50. The number of hydrogen-bond donors (Lipinski definition) is 1. The molecule has 0 aliphatic carbocycles. The van der Waals surface area contributed by atoms with E-state index in [2.05, 4.69) is 22.6 Å². The molecule has 0 saturated carbocycles. The molecule has 2 heterocycles. The monoisotopic (exact) mass is 513 g/mol. The number of rotatable bonds is 7. The molecule has 0 spiro atoms. The van der Waals surface area contributed by atoms with Crippen molar-refractivity contribution in [2.45, 2.75) is 52.2 Å². The lowest BCUT2D eigenvalue weighted by Gasteiger charge is -2.34. The number of carbonyl (C=O) groups is 2. The van der Waals surface area contributed by atoms with Crippen LogP contribution in [0.3, 0.4) is 0 Å². The van der Waals surface area contributed by atoms with Gasteiger partial charge >= 0.3 is 0 Å². The number of ether oxygens (including phenoxy) is 2. The number of aryl methyl sites for hydroxylation is 1. The molecule has 38 heavy (non-hydrogen) atoms. The first kappa shape index (κ1) is 25.3. The number of benzene rings is 3. The van der Waals surface area contributed by atoms with Crippen molar-refractivity contribution in [1.82, 2.24) is 20.3 Å². The van der Waals surface area contributed by atoms with Crippen LogP contribution in [0.2, 0.25) is 0 Å². The Bertz CT molecular complexity index is 1470. The molecule has 0 bridgehead atoms. The second-order valence-electron chi connectivity index (χ2n) is 10.3. The third-order valence-electron chi connectivity index (χ3n) is 6.32. The molecule has 3 aromatic carbocycles. The van der Waals surface area contributed by atoms with Gasteiger partial charge in [-0.1, -0.05) is 48.5 Å². The number of para-hydroxylation sites is 1. The molecule has 4 aromatic rings. The fraction of sp³-hybridized carbons (Fsp3) is 0.310. The Morgan fingerprint density at radius 3 is 2.50 bits per heavy atom. The van der Waals surface area contributed by atoms with E-state index in [1.54, 1.807) is 22.9 Å². The Labute approximate surface area is 221 Å². The molecule has 1 aromatic heterocycles. The molecule has 9 nitrogen and oxygen atoms in total. The van der Waals surface area contributed by atoms with Crippen LogP contribution in [-0.2, 0) is 22.6 Å². The van der Waals surface area contributed by atoms with Crippen molar-refractivity contribution in [2.24, 2.45) is 0 Å². The van der Waals surface area contributed by atoms with Gasteiger partial charge in [-0.2, -0.15) is 0 Å². The average Bonchev–Trinajstić information content (AvgIpc) is 3.53. The molecule has 0 radical (unpaired) electrons. The van der Waals surface area contributed by atoms with Crippen LogP contribution in [0, 0.1) is 0 Å². The van der Waals surface area contributed by atoms with Crippen LogP contribution < -0.4 is 19.7 Å². The summed E-state index contributed by atoms with van der Waals surface area (Å²) in [5.74, 6) is 0.485. The third-order valence-corrected chi connectivity index (χ3v) is 6.32. The van der Waals surface area contributed by atoms with Crippen LogP contribution in [0.1, 0.15) is 44.9 Å². The van der Waals surface area contributed by atoms with Crippen LogP contribution in [-0.4, -0.2) is 39.1 Å². The first-order chi connectivity index (χ1) is 18.2. The van der Waals surface area contributed by atoms with E-state index in [0.717, 1.165) is 17.5 Å². The summed E-state index contributed by atoms with van der Waals surface area (Å²) in [5.41, 5.74) is 3.25. The Balaban J connectivity index is 1.61. The summed E-state index contributed by atoms with van der Waals surface area (Å²) in [6.45, 7) is 7.80. The van der Waals surface area contributed by atoms with Crippen molar-refractivity contribution in [3.05, 3.63) is 77.9 Å². The van der Waals surface area contributed by atoms with Gasteiger partial charge in [0, 0.05) is 17.3 Å². The van der Waals surface area contributed by atoms with E-state index < -0.39 is 11.6 Å². The van der Waals surface area contributed by atoms with Crippen LogP contribution >= 0.6 is 0 Å². The maximum Gasteiger partial charge on any atom is 0.249 e. The fourth-order valence-corrected chi connectivity index (χ4v) is 4.50. The maximum atomic E-state index is 14.1. The van der Waals surface area contributed by atoms with E-state index in [1.807, 2.05) is 69.3 Å². The molecular formula is C29H31N5O4. The van der Waals surface area contributed by atoms with Crippen LogP contribution in [0.5, 0.6) is 11.5 Å². The standard InChI is InChI=1S/C29H31N5O4/c1-5-19-10-12-20(13-11-19)27(28(36)30-29(2,3)4)34(21-14-15-24-25(16-21)38-18-37-24)26(35)17-33-23-9-7-6-8-22(23)31-32-33/h6-16,27H,5,17-18H2,1-4H3,(H,30,36)/t27-/m0/s1. The maximum absolute atomic E-state index is 14.1. The molecule has 1 atom stereocenters. The van der Waals surface area contributed by atoms with Gasteiger partial charge in [-0.25, -0.2) is 4.68 Å². The summed E-state index contributed by atoms with van der Waals surface area (Å²) >= 11 is 0. The normalized spacial score (nSPS) is 13.4. The van der Waals surface area contributed by atoms with E-state index in [9.17, 15) is 9.59 Å². The van der Waals surface area contributed by atoms with Gasteiger partial charge in [-0.05, 0) is 62.6 Å². The third kappa shape index (κ3) is 5.18. The molecule has 0 saturated heterocycles. The molecular weight excluding hydrogens is 482 g/mol. The smallest absolute Gasteiger partial charge is 0.249 e. The highest BCUT2D eigenvalue weighted by Crippen LogP contribution is 2.38. The minimum absolute atomic E-state index is 0.101. The molecule has 9 heteroatoms. The van der Waals surface area contributed by atoms with E-state index in [-0.39, 0.29) is 25.2 Å². The molecule has 0 unspecified atom stereocenters. The zero-order valence-electron chi connectivity index (χ0n) is 22.0. The van der Waals surface area contributed by atoms with E-state index in [4.69, 9.17) is 9.47 Å². The number of nitrogens with zero attached hydrogens (tertiary/aromatic N) is 4. The quantitative estimate of drug-likeness (QED) is 0.393. The summed E-state index contributed by atoms with van der Waals surface area (Å²) in [7, 11) is 0. The number of amides is 2. The summed E-state index contributed by atoms with van der Waals surface area (Å²) in [6, 6.07) is 19.5. The van der Waals surface area contributed by atoms with Crippen LogP contribution in [0.15, 0.2) is 66.7 Å². The van der Waals surface area contributed by atoms with Gasteiger partial charge in [-0.3, -0.25) is 14.5 Å². The number of hydrogen-bond acceptors (Lipinski definition) is 6. The summed E-state index contributed by atoms with van der Waals surface area (Å²) in [5, 5.41) is 11.5. The molecule has 196 valence electrons. The second-order valence-corrected chi connectivity index (χ2v) is 10.3. The summed E-state index contributed by atoms with van der Waals surface area (Å²) in [4.78, 5) is 29.5. The zero-order valence-corrected chi connectivity index (χ0v) is 22.0. The molecule has 2 amide bonds. The van der Waals surface area contributed by atoms with Crippen molar-refractivity contribution >= 4 is 28.5 Å². The van der Waals surface area contributed by atoms with Crippen molar-refractivity contribution in [2.75, 3.05) is 11.7 Å². The lowest BCUT2D eigenvalue weighted by atomic mass is 9.99. The van der Waals surface area contributed by atoms with Gasteiger partial charge in [-0.15, -0.1) is 5.10 Å². The number of nitrogens with one attached hydrogen (secondary N) is 1. The van der Waals surface area contributed by atoms with E-state index in [1.165, 1.54) is 4.90 Å². The Morgan fingerprint density at radius 2 is 1.76 bits per heavy atom. The highest BCUT2D eigenvalue weighted by Gasteiger charge is 2.35. The topological polar surface area (TPSA) is 98.6 Å². The van der Waals surface area contributed by atoms with Crippen LogP contribution in [0.25, 0.3) is 11.0 Å². The van der Waals surface area contributed by atoms with Crippen molar-refractivity contribution < 1.29 is 19.1 Å². The fourth-order valence-electron chi connectivity index (χ4n) is 4.50. The van der Waals surface area contributed by atoms with Gasteiger partial charge in [0.1, 0.15) is 18.1 Å². The first-order valence-electron chi connectivity index (χ1n) is 12.6. The van der Waals surface area contributed by atoms with Gasteiger partial charge in [0.15, 0.2) is 11.5 Å². The zero-order chi connectivity index (χ0) is 26.9. The molecule has 1 N–H and O–H groups in total. The van der Waals surface area contributed by atoms with Crippen LogP contribution in [0.4, 0.5) is 5.69 Å². The largest absolute Gasteiger partial charge is 0.454 e. The molecule has 1 aliphatic heterocycles. The van der Waals surface area contributed by atoms with E-state index in [0.29, 0.717) is 28.3 Å². The minimum Gasteiger partial charge on any atom is -0.454 e. The van der Waals surface area contributed by atoms with Gasteiger partial charge < -0.3 is 14.8 Å². The second kappa shape index (κ2) is 10.2. The minimum atomic E-state index is -0.942. The number of fused-ring (bicyclic) bond motifs is 2.